The summed E-state index contributed by atoms with van der Waals surface area (Å²) in [4.78, 5) is 2.48. The number of nitrogens with zero attached hydrogens (tertiary/aromatic N) is 1. The van der Waals surface area contributed by atoms with Gasteiger partial charge >= 0.3 is 0 Å². The van der Waals surface area contributed by atoms with Gasteiger partial charge in [0.2, 0.25) is 0 Å². The third-order valence-corrected chi connectivity index (χ3v) is 3.32. The Bertz CT molecular complexity index is 315. The van der Waals surface area contributed by atoms with E-state index < -0.39 is 0 Å². The third-order valence-electron chi connectivity index (χ3n) is 3.32. The monoisotopic (exact) mass is 236 g/mol. The minimum Gasteiger partial charge on any atom is -0.314 e. The molecule has 1 heterocycles. The predicted molar refractivity (Wildman–Crippen MR) is 68.7 cm³/mol. The summed E-state index contributed by atoms with van der Waals surface area (Å²) >= 11 is 0. The van der Waals surface area contributed by atoms with E-state index in [0.29, 0.717) is 12.5 Å². The van der Waals surface area contributed by atoms with Crippen molar-refractivity contribution in [3.8, 4) is 0 Å². The Hall–Kier alpha value is -0.930. The highest BCUT2D eigenvalue weighted by Crippen LogP contribution is 2.17. The molecular weight excluding hydrogens is 215 g/mol. The zero-order valence-electron chi connectivity index (χ0n) is 10.2. The second kappa shape index (κ2) is 6.72. The van der Waals surface area contributed by atoms with Crippen LogP contribution in [0.4, 0.5) is 4.39 Å². The van der Waals surface area contributed by atoms with E-state index in [2.05, 4.69) is 40.5 Å². The lowest BCUT2D eigenvalue weighted by molar-refractivity contribution is 0.313. The van der Waals surface area contributed by atoms with Gasteiger partial charge in [0.05, 0.1) is 0 Å². The number of likely N-dealkylation sites (tertiary alicyclic amines) is 1. The molecule has 1 atom stereocenters. The number of hydrogen-bond acceptors (Lipinski definition) is 2. The van der Waals surface area contributed by atoms with Crippen LogP contribution in [0, 0.1) is 5.92 Å². The molecule has 3 heteroatoms. The summed E-state index contributed by atoms with van der Waals surface area (Å²) in [5.74, 6) is 0.685. The second-order valence-corrected chi connectivity index (χ2v) is 4.77. The number of halogens is 1. The van der Waals surface area contributed by atoms with Gasteiger partial charge in [-0.05, 0) is 31.0 Å². The predicted octanol–water partition coefficient (Wildman–Crippen LogP) is 2.07. The van der Waals surface area contributed by atoms with Crippen LogP contribution < -0.4 is 5.32 Å². The van der Waals surface area contributed by atoms with E-state index in [9.17, 15) is 4.39 Å². The third kappa shape index (κ3) is 4.10. The molecule has 2 nitrogen and oxygen atoms in total. The molecule has 1 aliphatic rings. The molecule has 1 saturated heterocycles. The zero-order valence-corrected chi connectivity index (χ0v) is 10.2. The van der Waals surface area contributed by atoms with Crippen molar-refractivity contribution in [2.24, 2.45) is 5.92 Å². The van der Waals surface area contributed by atoms with Crippen molar-refractivity contribution in [1.29, 1.82) is 0 Å². The fourth-order valence-electron chi connectivity index (χ4n) is 2.44. The van der Waals surface area contributed by atoms with Crippen LogP contribution in [-0.4, -0.2) is 37.8 Å². The van der Waals surface area contributed by atoms with Crippen molar-refractivity contribution in [1.82, 2.24) is 10.2 Å². The van der Waals surface area contributed by atoms with Crippen LogP contribution >= 0.6 is 0 Å². The van der Waals surface area contributed by atoms with Crippen molar-refractivity contribution in [2.75, 3.05) is 32.9 Å². The minimum atomic E-state index is -0.263. The number of benzene rings is 1. The van der Waals surface area contributed by atoms with E-state index in [1.165, 1.54) is 12.0 Å². The van der Waals surface area contributed by atoms with Gasteiger partial charge in [0, 0.05) is 19.6 Å². The molecule has 0 radical (unpaired) electrons. The average Bonchev–Trinajstić information content (AvgIpc) is 2.79. The molecule has 1 unspecified atom stereocenters. The highest BCUT2D eigenvalue weighted by molar-refractivity contribution is 5.14. The van der Waals surface area contributed by atoms with Crippen LogP contribution in [0.15, 0.2) is 30.3 Å². The summed E-state index contributed by atoms with van der Waals surface area (Å²) in [7, 11) is 0. The molecule has 1 fully saturated rings. The van der Waals surface area contributed by atoms with E-state index in [4.69, 9.17) is 0 Å². The molecule has 0 saturated carbocycles. The number of rotatable bonds is 6. The van der Waals surface area contributed by atoms with E-state index in [0.717, 1.165) is 26.2 Å². The zero-order chi connectivity index (χ0) is 11.9. The van der Waals surface area contributed by atoms with Crippen molar-refractivity contribution in [3.63, 3.8) is 0 Å². The fraction of sp³-hybridized carbons (Fsp3) is 0.571. The maximum absolute atomic E-state index is 12.0. The summed E-state index contributed by atoms with van der Waals surface area (Å²) in [5, 5.41) is 3.16. The Morgan fingerprint density at radius 1 is 1.29 bits per heavy atom. The summed E-state index contributed by atoms with van der Waals surface area (Å²) in [5.41, 5.74) is 1.38. The molecule has 1 N–H and O–H groups in total. The molecule has 0 amide bonds. The van der Waals surface area contributed by atoms with E-state index in [1.807, 2.05) is 0 Å². The first-order chi connectivity index (χ1) is 8.38. The second-order valence-electron chi connectivity index (χ2n) is 4.77. The Morgan fingerprint density at radius 3 is 2.88 bits per heavy atom. The van der Waals surface area contributed by atoms with Crippen LogP contribution in [0.2, 0.25) is 0 Å². The molecule has 2 rings (SSSR count). The molecular formula is C14H21FN2. The highest BCUT2D eigenvalue weighted by atomic mass is 19.1. The van der Waals surface area contributed by atoms with Gasteiger partial charge in [0.1, 0.15) is 6.67 Å². The molecule has 0 spiro atoms. The van der Waals surface area contributed by atoms with Crippen LogP contribution in [-0.2, 0) is 6.54 Å². The minimum absolute atomic E-state index is 0.263. The Labute approximate surface area is 103 Å². The van der Waals surface area contributed by atoms with E-state index >= 15 is 0 Å². The standard InChI is InChI=1S/C14H21FN2/c15-7-8-16-10-14-6-9-17(12-14)11-13-4-2-1-3-5-13/h1-5,14,16H,6-12H2. The van der Waals surface area contributed by atoms with Crippen molar-refractivity contribution in [2.45, 2.75) is 13.0 Å². The SMILES string of the molecule is FCCNCC1CCN(Cc2ccccc2)C1. The molecule has 0 aliphatic carbocycles. The fourth-order valence-corrected chi connectivity index (χ4v) is 2.44. The lowest BCUT2D eigenvalue weighted by Crippen LogP contribution is -2.27. The van der Waals surface area contributed by atoms with Crippen molar-refractivity contribution in [3.05, 3.63) is 35.9 Å². The van der Waals surface area contributed by atoms with Gasteiger partial charge in [-0.1, -0.05) is 30.3 Å². The lowest BCUT2D eigenvalue weighted by Gasteiger charge is -2.16. The summed E-state index contributed by atoms with van der Waals surface area (Å²) in [6.07, 6.45) is 1.23. The molecule has 1 aromatic rings. The molecule has 17 heavy (non-hydrogen) atoms. The summed E-state index contributed by atoms with van der Waals surface area (Å²) in [6, 6.07) is 10.6. The van der Waals surface area contributed by atoms with Crippen LogP contribution in [0.5, 0.6) is 0 Å². The Morgan fingerprint density at radius 2 is 2.12 bits per heavy atom. The topological polar surface area (TPSA) is 15.3 Å². The van der Waals surface area contributed by atoms with E-state index in [1.54, 1.807) is 0 Å². The van der Waals surface area contributed by atoms with Gasteiger partial charge in [-0.25, -0.2) is 4.39 Å². The Kier molecular flexibility index (Phi) is 4.95. The largest absolute Gasteiger partial charge is 0.314 e. The first-order valence-corrected chi connectivity index (χ1v) is 6.41. The van der Waals surface area contributed by atoms with Gasteiger partial charge in [0.15, 0.2) is 0 Å². The number of alkyl halides is 1. The van der Waals surface area contributed by atoms with Gasteiger partial charge in [-0.2, -0.15) is 0 Å². The smallest absolute Gasteiger partial charge is 0.102 e. The van der Waals surface area contributed by atoms with Gasteiger partial charge in [-0.3, -0.25) is 4.90 Å². The quantitative estimate of drug-likeness (QED) is 0.761. The molecule has 1 aromatic carbocycles. The molecule has 1 aliphatic heterocycles. The van der Waals surface area contributed by atoms with Gasteiger partial charge in [-0.15, -0.1) is 0 Å². The maximum atomic E-state index is 12.0. The van der Waals surface area contributed by atoms with E-state index in [-0.39, 0.29) is 6.67 Å². The first-order valence-electron chi connectivity index (χ1n) is 6.41. The lowest BCUT2D eigenvalue weighted by atomic mass is 10.1. The highest BCUT2D eigenvalue weighted by Gasteiger charge is 2.21. The number of nitrogens with one attached hydrogen (secondary N) is 1. The Balaban J connectivity index is 1.71. The summed E-state index contributed by atoms with van der Waals surface area (Å²) < 4.78 is 12.0. The molecule has 0 aromatic heterocycles. The van der Waals surface area contributed by atoms with Crippen LogP contribution in [0.3, 0.4) is 0 Å². The first kappa shape index (κ1) is 12.5. The van der Waals surface area contributed by atoms with Crippen LogP contribution in [0.25, 0.3) is 0 Å². The molecule has 94 valence electrons. The summed E-state index contributed by atoms with van der Waals surface area (Å²) in [6.45, 7) is 4.52. The maximum Gasteiger partial charge on any atom is 0.102 e. The van der Waals surface area contributed by atoms with Crippen molar-refractivity contribution < 1.29 is 4.39 Å². The molecule has 0 bridgehead atoms. The van der Waals surface area contributed by atoms with Gasteiger partial charge in [0.25, 0.3) is 0 Å². The normalized spacial score (nSPS) is 20.9. The van der Waals surface area contributed by atoms with Crippen molar-refractivity contribution >= 4 is 0 Å². The average molecular weight is 236 g/mol. The number of hydrogen-bond donors (Lipinski definition) is 1. The van der Waals surface area contributed by atoms with Gasteiger partial charge < -0.3 is 5.32 Å². The van der Waals surface area contributed by atoms with Crippen LogP contribution in [0.1, 0.15) is 12.0 Å².